The SMILES string of the molecule is CCOc1ccc(C)cc1C(C)NC(=O)C(=O)NCCO. The van der Waals surface area contributed by atoms with Crippen LogP contribution < -0.4 is 15.4 Å². The maximum absolute atomic E-state index is 11.7. The Hall–Kier alpha value is -2.08. The van der Waals surface area contributed by atoms with Gasteiger partial charge >= 0.3 is 11.8 Å². The normalized spacial score (nSPS) is 11.6. The van der Waals surface area contributed by atoms with Crippen molar-refractivity contribution >= 4 is 11.8 Å². The number of hydrogen-bond acceptors (Lipinski definition) is 4. The highest BCUT2D eigenvalue weighted by molar-refractivity contribution is 6.35. The lowest BCUT2D eigenvalue weighted by Crippen LogP contribution is -2.41. The third kappa shape index (κ3) is 5.07. The van der Waals surface area contributed by atoms with E-state index >= 15 is 0 Å². The van der Waals surface area contributed by atoms with Crippen molar-refractivity contribution in [2.45, 2.75) is 26.8 Å². The Morgan fingerprint density at radius 3 is 2.67 bits per heavy atom. The van der Waals surface area contributed by atoms with Gasteiger partial charge in [0.15, 0.2) is 0 Å². The Morgan fingerprint density at radius 1 is 1.33 bits per heavy atom. The first-order valence-electron chi connectivity index (χ1n) is 6.92. The second kappa shape index (κ2) is 8.26. The van der Waals surface area contributed by atoms with Crippen molar-refractivity contribution in [1.29, 1.82) is 0 Å². The summed E-state index contributed by atoms with van der Waals surface area (Å²) in [5.74, 6) is -0.812. The summed E-state index contributed by atoms with van der Waals surface area (Å²) in [5.41, 5.74) is 1.86. The Balaban J connectivity index is 2.78. The fourth-order valence-electron chi connectivity index (χ4n) is 1.88. The van der Waals surface area contributed by atoms with Gasteiger partial charge < -0.3 is 20.5 Å². The first-order chi connectivity index (χ1) is 9.99. The minimum Gasteiger partial charge on any atom is -0.494 e. The summed E-state index contributed by atoms with van der Waals surface area (Å²) in [6, 6.07) is 5.33. The number of carbonyl (C=O) groups excluding carboxylic acids is 2. The van der Waals surface area contributed by atoms with Crippen molar-refractivity contribution < 1.29 is 19.4 Å². The second-order valence-corrected chi connectivity index (χ2v) is 4.65. The highest BCUT2D eigenvalue weighted by atomic mass is 16.5. The Kier molecular flexibility index (Phi) is 6.68. The van der Waals surface area contributed by atoms with Crippen LogP contribution in [0.3, 0.4) is 0 Å². The van der Waals surface area contributed by atoms with Crippen LogP contribution in [0.25, 0.3) is 0 Å². The number of ether oxygens (including phenoxy) is 1. The summed E-state index contributed by atoms with van der Waals surface area (Å²) < 4.78 is 5.54. The molecule has 6 nitrogen and oxygen atoms in total. The molecule has 0 heterocycles. The molecule has 1 aromatic carbocycles. The molecule has 0 fully saturated rings. The monoisotopic (exact) mass is 294 g/mol. The first kappa shape index (κ1) is 17.0. The Labute approximate surface area is 124 Å². The quantitative estimate of drug-likeness (QED) is 0.673. The van der Waals surface area contributed by atoms with E-state index in [9.17, 15) is 9.59 Å². The average Bonchev–Trinajstić information content (AvgIpc) is 2.46. The fourth-order valence-corrected chi connectivity index (χ4v) is 1.88. The molecule has 6 heteroatoms. The lowest BCUT2D eigenvalue weighted by Gasteiger charge is -2.18. The van der Waals surface area contributed by atoms with Gasteiger partial charge in [-0.25, -0.2) is 0 Å². The molecule has 0 saturated carbocycles. The van der Waals surface area contributed by atoms with Gasteiger partial charge in [0.1, 0.15) is 5.75 Å². The van der Waals surface area contributed by atoms with Gasteiger partial charge in [-0.1, -0.05) is 17.7 Å². The Bertz CT molecular complexity index is 502. The van der Waals surface area contributed by atoms with E-state index in [0.717, 1.165) is 11.1 Å². The number of rotatable bonds is 6. The van der Waals surface area contributed by atoms with Gasteiger partial charge in [-0.2, -0.15) is 0 Å². The molecule has 0 aromatic heterocycles. The van der Waals surface area contributed by atoms with Crippen LogP contribution in [0.5, 0.6) is 5.75 Å². The number of amides is 2. The molecule has 0 bridgehead atoms. The molecule has 116 valence electrons. The lowest BCUT2D eigenvalue weighted by atomic mass is 10.0. The van der Waals surface area contributed by atoms with E-state index in [1.807, 2.05) is 32.0 Å². The molecule has 0 aliphatic carbocycles. The summed E-state index contributed by atoms with van der Waals surface area (Å²) >= 11 is 0. The van der Waals surface area contributed by atoms with Gasteiger partial charge in [-0.05, 0) is 26.8 Å². The molecule has 1 atom stereocenters. The van der Waals surface area contributed by atoms with Crippen molar-refractivity contribution in [3.63, 3.8) is 0 Å². The zero-order valence-corrected chi connectivity index (χ0v) is 12.6. The summed E-state index contributed by atoms with van der Waals surface area (Å²) in [5, 5.41) is 13.5. The predicted molar refractivity (Wildman–Crippen MR) is 79.0 cm³/mol. The number of benzene rings is 1. The minimum absolute atomic E-state index is 0.0509. The van der Waals surface area contributed by atoms with E-state index in [2.05, 4.69) is 10.6 Å². The third-order valence-electron chi connectivity index (χ3n) is 2.88. The molecule has 1 rings (SSSR count). The lowest BCUT2D eigenvalue weighted by molar-refractivity contribution is -0.139. The van der Waals surface area contributed by atoms with Crippen LogP contribution in [0, 0.1) is 6.92 Å². The van der Waals surface area contributed by atoms with Crippen LogP contribution in [-0.2, 0) is 9.59 Å². The van der Waals surface area contributed by atoms with Gasteiger partial charge in [0.05, 0.1) is 19.3 Å². The Morgan fingerprint density at radius 2 is 2.05 bits per heavy atom. The number of aliphatic hydroxyl groups excluding tert-OH is 1. The molecule has 0 spiro atoms. The maximum atomic E-state index is 11.7. The van der Waals surface area contributed by atoms with E-state index in [1.54, 1.807) is 6.92 Å². The second-order valence-electron chi connectivity index (χ2n) is 4.65. The molecule has 1 aromatic rings. The van der Waals surface area contributed by atoms with E-state index in [0.29, 0.717) is 12.4 Å². The van der Waals surface area contributed by atoms with Crippen molar-refractivity contribution in [3.05, 3.63) is 29.3 Å². The fraction of sp³-hybridized carbons (Fsp3) is 0.467. The smallest absolute Gasteiger partial charge is 0.309 e. The number of nitrogens with one attached hydrogen (secondary N) is 2. The largest absolute Gasteiger partial charge is 0.494 e. The molecule has 3 N–H and O–H groups in total. The molecule has 1 unspecified atom stereocenters. The summed E-state index contributed by atoms with van der Waals surface area (Å²) in [4.78, 5) is 23.2. The van der Waals surface area contributed by atoms with Crippen LogP contribution >= 0.6 is 0 Å². The highest BCUT2D eigenvalue weighted by Crippen LogP contribution is 2.26. The van der Waals surface area contributed by atoms with Gasteiger partial charge in [-0.3, -0.25) is 9.59 Å². The molecule has 0 radical (unpaired) electrons. The molecular weight excluding hydrogens is 272 g/mol. The number of carbonyl (C=O) groups is 2. The molecule has 0 aliphatic heterocycles. The van der Waals surface area contributed by atoms with Crippen molar-refractivity contribution in [3.8, 4) is 5.75 Å². The predicted octanol–water partition coefficient (Wildman–Crippen LogP) is 0.679. The van der Waals surface area contributed by atoms with Crippen molar-refractivity contribution in [1.82, 2.24) is 10.6 Å². The van der Waals surface area contributed by atoms with E-state index in [1.165, 1.54) is 0 Å². The molecule has 0 aliphatic rings. The van der Waals surface area contributed by atoms with Crippen LogP contribution in [0.1, 0.15) is 31.0 Å². The maximum Gasteiger partial charge on any atom is 0.309 e. The zero-order valence-electron chi connectivity index (χ0n) is 12.6. The summed E-state index contributed by atoms with van der Waals surface area (Å²) in [6.45, 7) is 5.98. The van der Waals surface area contributed by atoms with Gasteiger partial charge in [0.25, 0.3) is 0 Å². The molecule has 21 heavy (non-hydrogen) atoms. The standard InChI is InChI=1S/C15H22N2O4/c1-4-21-13-6-5-10(2)9-12(13)11(3)17-15(20)14(19)16-7-8-18/h5-6,9,11,18H,4,7-8H2,1-3H3,(H,16,19)(H,17,20). The molecular formula is C15H22N2O4. The summed E-state index contributed by atoms with van der Waals surface area (Å²) in [7, 11) is 0. The van der Waals surface area contributed by atoms with Gasteiger partial charge in [0, 0.05) is 12.1 Å². The van der Waals surface area contributed by atoms with Crippen LogP contribution in [0.15, 0.2) is 18.2 Å². The zero-order chi connectivity index (χ0) is 15.8. The van der Waals surface area contributed by atoms with Crippen LogP contribution in [0.4, 0.5) is 0 Å². The van der Waals surface area contributed by atoms with Crippen LogP contribution in [-0.4, -0.2) is 36.7 Å². The van der Waals surface area contributed by atoms with Crippen molar-refractivity contribution in [2.75, 3.05) is 19.8 Å². The van der Waals surface area contributed by atoms with Gasteiger partial charge in [0.2, 0.25) is 0 Å². The summed E-state index contributed by atoms with van der Waals surface area (Å²) in [6.07, 6.45) is 0. The molecule has 2 amide bonds. The highest BCUT2D eigenvalue weighted by Gasteiger charge is 2.19. The molecule has 0 saturated heterocycles. The number of aliphatic hydroxyl groups is 1. The first-order valence-corrected chi connectivity index (χ1v) is 6.92. The minimum atomic E-state index is -0.762. The van der Waals surface area contributed by atoms with E-state index in [-0.39, 0.29) is 19.2 Å². The average molecular weight is 294 g/mol. The van der Waals surface area contributed by atoms with Crippen LogP contribution in [0.2, 0.25) is 0 Å². The third-order valence-corrected chi connectivity index (χ3v) is 2.88. The van der Waals surface area contributed by atoms with E-state index < -0.39 is 11.8 Å². The number of aryl methyl sites for hydroxylation is 1. The van der Waals surface area contributed by atoms with Crippen molar-refractivity contribution in [2.24, 2.45) is 0 Å². The van der Waals surface area contributed by atoms with E-state index in [4.69, 9.17) is 9.84 Å². The number of hydrogen-bond donors (Lipinski definition) is 3. The topological polar surface area (TPSA) is 87.7 Å². The van der Waals surface area contributed by atoms with Gasteiger partial charge in [-0.15, -0.1) is 0 Å².